The SMILES string of the molecule is Cc1ccc(F)c(S(=O)(=O)N2CCC(C(=O)N[C@H](C)C(C)C)CC2)c1. The smallest absolute Gasteiger partial charge is 0.245 e. The molecule has 1 amide bonds. The Morgan fingerprint density at radius 2 is 1.84 bits per heavy atom. The summed E-state index contributed by atoms with van der Waals surface area (Å²) >= 11 is 0. The largest absolute Gasteiger partial charge is 0.353 e. The normalized spacial score (nSPS) is 18.3. The number of carbonyl (C=O) groups is 1. The average Bonchev–Trinajstić information content (AvgIpc) is 2.56. The van der Waals surface area contributed by atoms with Crippen LogP contribution in [0.3, 0.4) is 0 Å². The van der Waals surface area contributed by atoms with E-state index in [9.17, 15) is 17.6 Å². The van der Waals surface area contributed by atoms with E-state index in [-0.39, 0.29) is 35.9 Å². The van der Waals surface area contributed by atoms with Gasteiger partial charge in [-0.05, 0) is 50.3 Å². The van der Waals surface area contributed by atoms with Crippen molar-refractivity contribution >= 4 is 15.9 Å². The fourth-order valence-corrected chi connectivity index (χ4v) is 4.43. The number of piperidine rings is 1. The maximum Gasteiger partial charge on any atom is 0.245 e. The molecule has 0 radical (unpaired) electrons. The van der Waals surface area contributed by atoms with Crippen LogP contribution >= 0.6 is 0 Å². The van der Waals surface area contributed by atoms with Gasteiger partial charge in [0, 0.05) is 25.0 Å². The molecule has 1 heterocycles. The molecule has 7 heteroatoms. The van der Waals surface area contributed by atoms with E-state index in [0.29, 0.717) is 24.3 Å². The first-order valence-corrected chi connectivity index (χ1v) is 10.1. The number of rotatable bonds is 5. The predicted molar refractivity (Wildman–Crippen MR) is 95.1 cm³/mol. The molecule has 1 aliphatic heterocycles. The molecule has 1 atom stereocenters. The van der Waals surface area contributed by atoms with Gasteiger partial charge in [-0.15, -0.1) is 0 Å². The summed E-state index contributed by atoms with van der Waals surface area (Å²) in [5, 5.41) is 2.98. The maximum absolute atomic E-state index is 14.0. The summed E-state index contributed by atoms with van der Waals surface area (Å²) in [5.74, 6) is -0.625. The number of benzene rings is 1. The van der Waals surface area contributed by atoms with Crippen molar-refractivity contribution in [3.63, 3.8) is 0 Å². The lowest BCUT2D eigenvalue weighted by molar-refractivity contribution is -0.127. The standard InChI is InChI=1S/C18H27FN2O3S/c1-12(2)14(4)20-18(22)15-7-9-21(10-8-15)25(23,24)17-11-13(3)5-6-16(17)19/h5-6,11-12,14-15H,7-10H2,1-4H3,(H,20,22)/t14-/m1/s1. The predicted octanol–water partition coefficient (Wildman–Crippen LogP) is 2.70. The molecule has 5 nitrogen and oxygen atoms in total. The van der Waals surface area contributed by atoms with Crippen LogP contribution < -0.4 is 5.32 Å². The van der Waals surface area contributed by atoms with E-state index in [1.807, 2.05) is 20.8 Å². The zero-order chi connectivity index (χ0) is 18.8. The molecule has 1 aliphatic rings. The third-order valence-electron chi connectivity index (χ3n) is 4.90. The minimum absolute atomic E-state index is 0.0278. The zero-order valence-corrected chi connectivity index (χ0v) is 16.1. The number of nitrogens with zero attached hydrogens (tertiary/aromatic N) is 1. The number of halogens is 1. The summed E-state index contributed by atoms with van der Waals surface area (Å²) in [6.07, 6.45) is 0.895. The Labute approximate surface area is 149 Å². The molecule has 1 N–H and O–H groups in total. The molecule has 25 heavy (non-hydrogen) atoms. The number of hydrogen-bond donors (Lipinski definition) is 1. The molecule has 0 saturated carbocycles. The van der Waals surface area contributed by atoms with Gasteiger partial charge < -0.3 is 5.32 Å². The van der Waals surface area contributed by atoms with Crippen LogP contribution in [0.2, 0.25) is 0 Å². The quantitative estimate of drug-likeness (QED) is 0.867. The average molecular weight is 370 g/mol. The second kappa shape index (κ2) is 7.83. The number of carbonyl (C=O) groups excluding carboxylic acids is 1. The number of aryl methyl sites for hydroxylation is 1. The molecule has 0 aromatic heterocycles. The van der Waals surface area contributed by atoms with Crippen LogP contribution in [-0.2, 0) is 14.8 Å². The van der Waals surface area contributed by atoms with E-state index in [0.717, 1.165) is 0 Å². The van der Waals surface area contributed by atoms with Crippen LogP contribution in [0.1, 0.15) is 39.2 Å². The Hall–Kier alpha value is -1.47. The minimum Gasteiger partial charge on any atom is -0.353 e. The summed E-state index contributed by atoms with van der Waals surface area (Å²) in [6.45, 7) is 8.22. The van der Waals surface area contributed by atoms with Crippen molar-refractivity contribution < 1.29 is 17.6 Å². The maximum atomic E-state index is 14.0. The Balaban J connectivity index is 2.04. The first-order chi connectivity index (χ1) is 11.6. The van der Waals surface area contributed by atoms with E-state index < -0.39 is 15.8 Å². The van der Waals surface area contributed by atoms with Gasteiger partial charge in [0.1, 0.15) is 10.7 Å². The van der Waals surface area contributed by atoms with Crippen molar-refractivity contribution in [1.29, 1.82) is 0 Å². The fraction of sp³-hybridized carbons (Fsp3) is 0.611. The van der Waals surface area contributed by atoms with E-state index in [1.54, 1.807) is 13.0 Å². The lowest BCUT2D eigenvalue weighted by atomic mass is 9.96. The van der Waals surface area contributed by atoms with Crippen LogP contribution in [0.4, 0.5) is 4.39 Å². The van der Waals surface area contributed by atoms with Gasteiger partial charge in [-0.25, -0.2) is 12.8 Å². The van der Waals surface area contributed by atoms with E-state index in [1.165, 1.54) is 16.4 Å². The number of amides is 1. The third kappa shape index (κ3) is 4.58. The van der Waals surface area contributed by atoms with Crippen LogP contribution in [0.25, 0.3) is 0 Å². The lowest BCUT2D eigenvalue weighted by Crippen LogP contribution is -2.45. The molecule has 0 bridgehead atoms. The highest BCUT2D eigenvalue weighted by atomic mass is 32.2. The highest BCUT2D eigenvalue weighted by Gasteiger charge is 2.33. The highest BCUT2D eigenvalue weighted by molar-refractivity contribution is 7.89. The second-order valence-electron chi connectivity index (χ2n) is 7.15. The van der Waals surface area contributed by atoms with Crippen molar-refractivity contribution in [3.8, 4) is 0 Å². The minimum atomic E-state index is -3.87. The summed E-state index contributed by atoms with van der Waals surface area (Å²) in [5.41, 5.74) is 0.692. The molecule has 140 valence electrons. The Bertz CT molecular complexity index is 726. The van der Waals surface area contributed by atoms with Crippen molar-refractivity contribution in [2.75, 3.05) is 13.1 Å². The van der Waals surface area contributed by atoms with E-state index in [2.05, 4.69) is 5.32 Å². The van der Waals surface area contributed by atoms with Gasteiger partial charge in [-0.1, -0.05) is 19.9 Å². The molecule has 1 aromatic rings. The van der Waals surface area contributed by atoms with Gasteiger partial charge in [0.15, 0.2) is 0 Å². The summed E-state index contributed by atoms with van der Waals surface area (Å²) in [7, 11) is -3.87. The van der Waals surface area contributed by atoms with E-state index >= 15 is 0 Å². The molecule has 0 unspecified atom stereocenters. The van der Waals surface area contributed by atoms with Gasteiger partial charge in [-0.2, -0.15) is 4.31 Å². The molecule has 0 aliphatic carbocycles. The first-order valence-electron chi connectivity index (χ1n) is 8.69. The lowest BCUT2D eigenvalue weighted by Gasteiger charge is -2.31. The van der Waals surface area contributed by atoms with E-state index in [4.69, 9.17) is 0 Å². The summed E-state index contributed by atoms with van der Waals surface area (Å²) in [6, 6.07) is 4.15. The highest BCUT2D eigenvalue weighted by Crippen LogP contribution is 2.26. The number of sulfonamides is 1. The topological polar surface area (TPSA) is 66.5 Å². The number of nitrogens with one attached hydrogen (secondary N) is 1. The number of hydrogen-bond acceptors (Lipinski definition) is 3. The van der Waals surface area contributed by atoms with Crippen molar-refractivity contribution in [2.45, 2.75) is 51.5 Å². The third-order valence-corrected chi connectivity index (χ3v) is 6.81. The Morgan fingerprint density at radius 1 is 1.24 bits per heavy atom. The van der Waals surface area contributed by atoms with Crippen molar-refractivity contribution in [2.24, 2.45) is 11.8 Å². The van der Waals surface area contributed by atoms with Crippen LogP contribution in [0, 0.1) is 24.6 Å². The van der Waals surface area contributed by atoms with Gasteiger partial charge in [0.25, 0.3) is 0 Å². The first kappa shape index (κ1) is 19.8. The monoisotopic (exact) mass is 370 g/mol. The molecule has 0 spiro atoms. The molecular weight excluding hydrogens is 343 g/mol. The van der Waals surface area contributed by atoms with Gasteiger partial charge in [0.2, 0.25) is 15.9 Å². The van der Waals surface area contributed by atoms with Crippen LogP contribution in [0.15, 0.2) is 23.1 Å². The molecule has 1 saturated heterocycles. The Kier molecular flexibility index (Phi) is 6.21. The molecule has 2 rings (SSSR count). The van der Waals surface area contributed by atoms with Gasteiger partial charge in [0.05, 0.1) is 0 Å². The fourth-order valence-electron chi connectivity index (χ4n) is 2.81. The molecule has 1 fully saturated rings. The summed E-state index contributed by atoms with van der Waals surface area (Å²) in [4.78, 5) is 12.0. The van der Waals surface area contributed by atoms with Crippen molar-refractivity contribution in [3.05, 3.63) is 29.6 Å². The van der Waals surface area contributed by atoms with Crippen LogP contribution in [0.5, 0.6) is 0 Å². The van der Waals surface area contributed by atoms with Crippen LogP contribution in [-0.4, -0.2) is 37.8 Å². The van der Waals surface area contributed by atoms with Gasteiger partial charge >= 0.3 is 0 Å². The van der Waals surface area contributed by atoms with Crippen molar-refractivity contribution in [1.82, 2.24) is 9.62 Å². The molecule has 1 aromatic carbocycles. The molecular formula is C18H27FN2O3S. The second-order valence-corrected chi connectivity index (χ2v) is 9.06. The Morgan fingerprint density at radius 3 is 2.40 bits per heavy atom. The van der Waals surface area contributed by atoms with Gasteiger partial charge in [-0.3, -0.25) is 4.79 Å². The summed E-state index contributed by atoms with van der Waals surface area (Å²) < 4.78 is 40.6. The zero-order valence-electron chi connectivity index (χ0n) is 15.3.